The molecule has 2 aromatic carbocycles. The molecule has 0 spiro atoms. The lowest BCUT2D eigenvalue weighted by molar-refractivity contribution is 0.571. The highest BCUT2D eigenvalue weighted by Crippen LogP contribution is 2.29. The number of rotatable bonds is 3. The maximum Gasteiger partial charge on any atom is 0.264 e. The van der Waals surface area contributed by atoms with Gasteiger partial charge in [-0.05, 0) is 36.8 Å². The van der Waals surface area contributed by atoms with Crippen molar-refractivity contribution < 1.29 is 12.8 Å². The second kappa shape index (κ2) is 5.71. The number of hydrogen-bond donors (Lipinski definition) is 2. The fourth-order valence-corrected chi connectivity index (χ4v) is 3.41. The van der Waals surface area contributed by atoms with Gasteiger partial charge in [0.25, 0.3) is 10.0 Å². The van der Waals surface area contributed by atoms with Gasteiger partial charge in [-0.3, -0.25) is 4.72 Å². The minimum Gasteiger partial charge on any atom is -0.399 e. The van der Waals surface area contributed by atoms with Crippen molar-refractivity contribution in [3.63, 3.8) is 0 Å². The molecule has 0 atom stereocenters. The molecule has 0 heterocycles. The second-order valence-electron chi connectivity index (χ2n) is 4.33. The minimum absolute atomic E-state index is 0.0459. The number of nitrogen functional groups attached to an aromatic ring is 1. The molecule has 0 saturated heterocycles. The van der Waals surface area contributed by atoms with Crippen LogP contribution in [0.5, 0.6) is 0 Å². The van der Waals surface area contributed by atoms with Crippen molar-refractivity contribution in [3.05, 3.63) is 51.8 Å². The van der Waals surface area contributed by atoms with Gasteiger partial charge in [0.1, 0.15) is 4.90 Å². The first-order valence-corrected chi connectivity index (χ1v) is 7.99. The molecule has 0 fully saturated rings. The van der Waals surface area contributed by atoms with E-state index in [2.05, 4.69) is 4.72 Å². The Balaban J connectivity index is 2.51. The van der Waals surface area contributed by atoms with Crippen molar-refractivity contribution in [1.82, 2.24) is 0 Å². The Morgan fingerprint density at radius 2 is 1.86 bits per heavy atom. The minimum atomic E-state index is -4.18. The summed E-state index contributed by atoms with van der Waals surface area (Å²) in [4.78, 5) is -0.619. The quantitative estimate of drug-likeness (QED) is 0.828. The molecule has 112 valence electrons. The molecular weight excluding hydrogens is 338 g/mol. The van der Waals surface area contributed by atoms with Crippen LogP contribution in [0.4, 0.5) is 15.8 Å². The van der Waals surface area contributed by atoms with Gasteiger partial charge in [0.2, 0.25) is 0 Å². The van der Waals surface area contributed by atoms with Crippen molar-refractivity contribution in [2.24, 2.45) is 0 Å². The molecule has 3 N–H and O–H groups in total. The van der Waals surface area contributed by atoms with E-state index in [9.17, 15) is 12.8 Å². The predicted octanol–water partition coefficient (Wildman–Crippen LogP) is 3.82. The van der Waals surface area contributed by atoms with E-state index in [-0.39, 0.29) is 16.4 Å². The Labute approximate surface area is 131 Å². The first kappa shape index (κ1) is 15.9. The zero-order valence-electron chi connectivity index (χ0n) is 10.8. The summed E-state index contributed by atoms with van der Waals surface area (Å²) in [6, 6.07) is 6.86. The Bertz CT molecular complexity index is 810. The van der Waals surface area contributed by atoms with Gasteiger partial charge in [0, 0.05) is 10.7 Å². The molecule has 2 aromatic rings. The van der Waals surface area contributed by atoms with Gasteiger partial charge in [-0.25, -0.2) is 12.8 Å². The van der Waals surface area contributed by atoms with Crippen LogP contribution in [0.25, 0.3) is 0 Å². The lowest BCUT2D eigenvalue weighted by atomic mass is 10.2. The molecule has 8 heteroatoms. The maximum atomic E-state index is 13.9. The van der Waals surface area contributed by atoms with E-state index in [4.69, 9.17) is 28.9 Å². The molecular formula is C13H11Cl2FN2O2S. The number of halogens is 3. The zero-order valence-corrected chi connectivity index (χ0v) is 13.2. The van der Waals surface area contributed by atoms with E-state index in [1.165, 1.54) is 6.07 Å². The van der Waals surface area contributed by atoms with Crippen LogP contribution < -0.4 is 10.5 Å². The van der Waals surface area contributed by atoms with Gasteiger partial charge >= 0.3 is 0 Å². The summed E-state index contributed by atoms with van der Waals surface area (Å²) in [6.45, 7) is 1.64. The highest BCUT2D eigenvalue weighted by atomic mass is 35.5. The average Bonchev–Trinajstić information content (AvgIpc) is 2.39. The van der Waals surface area contributed by atoms with Crippen LogP contribution in [0.1, 0.15) is 5.56 Å². The van der Waals surface area contributed by atoms with Gasteiger partial charge in [0.15, 0.2) is 5.82 Å². The SMILES string of the molecule is Cc1c(Cl)cccc1NS(=O)(=O)c1cc(N)cc(Cl)c1F. The van der Waals surface area contributed by atoms with Crippen molar-refractivity contribution in [2.75, 3.05) is 10.5 Å². The summed E-state index contributed by atoms with van der Waals surface area (Å²) < 4.78 is 40.8. The smallest absolute Gasteiger partial charge is 0.264 e. The fourth-order valence-electron chi connectivity index (χ4n) is 1.70. The Kier molecular flexibility index (Phi) is 4.32. The third-order valence-electron chi connectivity index (χ3n) is 2.82. The molecule has 4 nitrogen and oxygen atoms in total. The van der Waals surface area contributed by atoms with Crippen LogP contribution in [-0.4, -0.2) is 8.42 Å². The van der Waals surface area contributed by atoms with Gasteiger partial charge in [-0.2, -0.15) is 0 Å². The highest BCUT2D eigenvalue weighted by Gasteiger charge is 2.23. The molecule has 0 aliphatic carbocycles. The molecule has 0 unspecified atom stereocenters. The van der Waals surface area contributed by atoms with Gasteiger partial charge in [-0.1, -0.05) is 29.3 Å². The van der Waals surface area contributed by atoms with Crippen molar-refractivity contribution >= 4 is 44.6 Å². The monoisotopic (exact) mass is 348 g/mol. The largest absolute Gasteiger partial charge is 0.399 e. The summed E-state index contributed by atoms with van der Waals surface area (Å²) >= 11 is 11.5. The molecule has 2 rings (SSSR count). The lowest BCUT2D eigenvalue weighted by Gasteiger charge is -2.13. The standard InChI is InChI=1S/C13H11Cl2FN2O2S/c1-7-9(14)3-2-4-11(7)18-21(19,20)12-6-8(17)5-10(15)13(12)16/h2-6,18H,17H2,1H3. The lowest BCUT2D eigenvalue weighted by Crippen LogP contribution is -2.16. The van der Waals surface area contributed by atoms with Crippen molar-refractivity contribution in [2.45, 2.75) is 11.8 Å². The number of benzene rings is 2. The molecule has 0 saturated carbocycles. The van der Waals surface area contributed by atoms with Crippen LogP contribution in [0, 0.1) is 12.7 Å². The van der Waals surface area contributed by atoms with Crippen LogP contribution in [0.2, 0.25) is 10.0 Å². The Morgan fingerprint density at radius 1 is 1.19 bits per heavy atom. The number of sulfonamides is 1. The van der Waals surface area contributed by atoms with E-state index in [0.29, 0.717) is 10.6 Å². The third kappa shape index (κ3) is 3.23. The number of anilines is 2. The molecule has 0 aliphatic heterocycles. The molecule has 0 radical (unpaired) electrons. The molecule has 0 aromatic heterocycles. The van der Waals surface area contributed by atoms with Gasteiger partial charge in [0.05, 0.1) is 10.7 Å². The highest BCUT2D eigenvalue weighted by molar-refractivity contribution is 7.92. The van der Waals surface area contributed by atoms with Gasteiger partial charge in [-0.15, -0.1) is 0 Å². The first-order valence-electron chi connectivity index (χ1n) is 5.75. The normalized spacial score (nSPS) is 11.4. The number of nitrogens with two attached hydrogens (primary N) is 1. The average molecular weight is 349 g/mol. The molecule has 0 bridgehead atoms. The zero-order chi connectivity index (χ0) is 15.8. The molecule has 0 amide bonds. The Hall–Kier alpha value is -1.50. The molecule has 21 heavy (non-hydrogen) atoms. The number of nitrogens with one attached hydrogen (secondary N) is 1. The van der Waals surface area contributed by atoms with Gasteiger partial charge < -0.3 is 5.73 Å². The van der Waals surface area contributed by atoms with E-state index >= 15 is 0 Å². The second-order valence-corrected chi connectivity index (χ2v) is 6.80. The maximum absolute atomic E-state index is 13.9. The first-order chi connectivity index (χ1) is 9.72. The summed E-state index contributed by atoms with van der Waals surface area (Å²) in [6.07, 6.45) is 0. The van der Waals surface area contributed by atoms with Crippen molar-refractivity contribution in [3.8, 4) is 0 Å². The van der Waals surface area contributed by atoms with Crippen LogP contribution in [0.15, 0.2) is 35.2 Å². The van der Waals surface area contributed by atoms with Crippen molar-refractivity contribution in [1.29, 1.82) is 0 Å². The Morgan fingerprint density at radius 3 is 2.52 bits per heavy atom. The molecule has 0 aliphatic rings. The third-order valence-corrected chi connectivity index (χ3v) is 4.87. The van der Waals surface area contributed by atoms with Crippen LogP contribution in [0.3, 0.4) is 0 Å². The van der Waals surface area contributed by atoms with E-state index in [1.54, 1.807) is 19.1 Å². The topological polar surface area (TPSA) is 72.2 Å². The van der Waals surface area contributed by atoms with E-state index in [1.807, 2.05) is 0 Å². The predicted molar refractivity (Wildman–Crippen MR) is 82.8 cm³/mol. The summed E-state index contributed by atoms with van der Waals surface area (Å²) in [5.74, 6) is -1.06. The van der Waals surface area contributed by atoms with E-state index in [0.717, 1.165) is 12.1 Å². The number of hydrogen-bond acceptors (Lipinski definition) is 3. The summed E-state index contributed by atoms with van der Waals surface area (Å²) in [7, 11) is -4.18. The van der Waals surface area contributed by atoms with Crippen LogP contribution in [-0.2, 0) is 10.0 Å². The summed E-state index contributed by atoms with van der Waals surface area (Å²) in [5, 5.41) is 0.0273. The fraction of sp³-hybridized carbons (Fsp3) is 0.0769. The van der Waals surface area contributed by atoms with E-state index < -0.39 is 20.7 Å². The van der Waals surface area contributed by atoms with Crippen LogP contribution >= 0.6 is 23.2 Å². The summed E-state index contributed by atoms with van der Waals surface area (Å²) in [5.41, 5.74) is 6.33.